The van der Waals surface area contributed by atoms with Crippen LogP contribution in [-0.2, 0) is 0 Å². The highest BCUT2D eigenvalue weighted by molar-refractivity contribution is 5.92. The lowest BCUT2D eigenvalue weighted by atomic mass is 10.1. The highest BCUT2D eigenvalue weighted by atomic mass is 19.1. The van der Waals surface area contributed by atoms with Gasteiger partial charge < -0.3 is 5.32 Å². The summed E-state index contributed by atoms with van der Waals surface area (Å²) in [7, 11) is 0. The van der Waals surface area contributed by atoms with Gasteiger partial charge >= 0.3 is 0 Å². The fourth-order valence-electron chi connectivity index (χ4n) is 2.70. The van der Waals surface area contributed by atoms with Crippen molar-refractivity contribution in [2.45, 2.75) is 19.9 Å². The molecule has 0 saturated heterocycles. The third kappa shape index (κ3) is 3.92. The Morgan fingerprint density at radius 3 is 2.56 bits per heavy atom. The zero-order chi connectivity index (χ0) is 19.6. The monoisotopic (exact) mass is 369 g/mol. The van der Waals surface area contributed by atoms with Gasteiger partial charge in [0, 0.05) is 11.8 Å². The van der Waals surface area contributed by atoms with E-state index in [2.05, 4.69) is 10.4 Å². The van der Waals surface area contributed by atoms with Crippen LogP contribution in [0.2, 0.25) is 0 Å². The third-order valence-electron chi connectivity index (χ3n) is 4.10. The number of rotatable bonds is 4. The molecule has 0 radical (unpaired) electrons. The van der Waals surface area contributed by atoms with Gasteiger partial charge in [0.1, 0.15) is 17.3 Å². The van der Waals surface area contributed by atoms with Crippen molar-refractivity contribution in [2.24, 2.45) is 0 Å². The Labute approximate surface area is 154 Å². The molecule has 0 aliphatic carbocycles. The van der Waals surface area contributed by atoms with Crippen molar-refractivity contribution in [3.05, 3.63) is 93.4 Å². The second-order valence-corrected chi connectivity index (χ2v) is 6.11. The van der Waals surface area contributed by atoms with E-state index in [1.54, 1.807) is 26.0 Å². The van der Waals surface area contributed by atoms with Crippen LogP contribution in [0, 0.1) is 18.6 Å². The van der Waals surface area contributed by atoms with E-state index >= 15 is 0 Å². The second kappa shape index (κ2) is 7.49. The topological polar surface area (TPSA) is 64.0 Å². The predicted octanol–water partition coefficient (Wildman–Crippen LogP) is 3.31. The molecule has 1 heterocycles. The first-order valence-electron chi connectivity index (χ1n) is 8.29. The van der Waals surface area contributed by atoms with Crippen molar-refractivity contribution in [3.63, 3.8) is 0 Å². The van der Waals surface area contributed by atoms with Crippen molar-refractivity contribution in [1.29, 1.82) is 0 Å². The number of amides is 1. The molecular weight excluding hydrogens is 352 g/mol. The van der Waals surface area contributed by atoms with Crippen molar-refractivity contribution < 1.29 is 13.6 Å². The average Bonchev–Trinajstić information content (AvgIpc) is 2.62. The van der Waals surface area contributed by atoms with E-state index < -0.39 is 29.0 Å². The number of aryl methyl sites for hydroxylation is 1. The van der Waals surface area contributed by atoms with E-state index in [1.165, 1.54) is 47.1 Å². The SMILES string of the molecule is Cc1cc(=O)c(C(=O)N[C@@H](C)c2cccc(F)c2)nn1-c1ccccc1F. The van der Waals surface area contributed by atoms with Crippen LogP contribution in [0.5, 0.6) is 0 Å². The zero-order valence-electron chi connectivity index (χ0n) is 14.7. The fourth-order valence-corrected chi connectivity index (χ4v) is 2.70. The van der Waals surface area contributed by atoms with E-state index in [9.17, 15) is 18.4 Å². The summed E-state index contributed by atoms with van der Waals surface area (Å²) in [5.74, 6) is -1.68. The largest absolute Gasteiger partial charge is 0.344 e. The summed E-state index contributed by atoms with van der Waals surface area (Å²) in [6.07, 6.45) is 0. The molecule has 138 valence electrons. The highest BCUT2D eigenvalue weighted by Crippen LogP contribution is 2.15. The molecule has 0 aliphatic rings. The lowest BCUT2D eigenvalue weighted by Crippen LogP contribution is -2.33. The number of aromatic nitrogens is 2. The maximum absolute atomic E-state index is 14.1. The molecule has 7 heteroatoms. The molecule has 0 unspecified atom stereocenters. The second-order valence-electron chi connectivity index (χ2n) is 6.11. The van der Waals surface area contributed by atoms with Crippen molar-refractivity contribution in [3.8, 4) is 5.69 Å². The minimum Gasteiger partial charge on any atom is -0.344 e. The molecule has 1 atom stereocenters. The lowest BCUT2D eigenvalue weighted by molar-refractivity contribution is 0.0931. The van der Waals surface area contributed by atoms with Gasteiger partial charge in [-0.05, 0) is 43.7 Å². The maximum Gasteiger partial charge on any atom is 0.276 e. The minimum atomic E-state index is -0.721. The molecule has 0 bridgehead atoms. The van der Waals surface area contributed by atoms with Crippen molar-refractivity contribution in [2.75, 3.05) is 0 Å². The van der Waals surface area contributed by atoms with Crippen LogP contribution >= 0.6 is 0 Å². The summed E-state index contributed by atoms with van der Waals surface area (Å²) in [6.45, 7) is 3.26. The first-order chi connectivity index (χ1) is 12.9. The van der Waals surface area contributed by atoms with E-state index in [0.717, 1.165) is 0 Å². The Hall–Kier alpha value is -3.35. The first-order valence-corrected chi connectivity index (χ1v) is 8.29. The molecule has 1 aromatic heterocycles. The third-order valence-corrected chi connectivity index (χ3v) is 4.10. The van der Waals surface area contributed by atoms with Crippen LogP contribution in [0.4, 0.5) is 8.78 Å². The predicted molar refractivity (Wildman–Crippen MR) is 96.8 cm³/mol. The van der Waals surface area contributed by atoms with E-state index in [4.69, 9.17) is 0 Å². The molecule has 2 aromatic carbocycles. The van der Waals surface area contributed by atoms with Gasteiger partial charge in [-0.3, -0.25) is 9.59 Å². The van der Waals surface area contributed by atoms with E-state index in [-0.39, 0.29) is 11.4 Å². The van der Waals surface area contributed by atoms with Gasteiger partial charge in [-0.1, -0.05) is 24.3 Å². The molecule has 3 aromatic rings. The quantitative estimate of drug-likeness (QED) is 0.767. The van der Waals surface area contributed by atoms with Crippen LogP contribution in [0.25, 0.3) is 5.69 Å². The molecule has 0 saturated carbocycles. The summed E-state index contributed by atoms with van der Waals surface area (Å²) < 4.78 is 28.7. The van der Waals surface area contributed by atoms with Crippen LogP contribution in [0.15, 0.2) is 59.4 Å². The highest BCUT2D eigenvalue weighted by Gasteiger charge is 2.19. The Bertz CT molecular complexity index is 1060. The number of para-hydroxylation sites is 1. The fraction of sp³-hybridized carbons (Fsp3) is 0.150. The zero-order valence-corrected chi connectivity index (χ0v) is 14.7. The van der Waals surface area contributed by atoms with Gasteiger partial charge in [0.2, 0.25) is 5.43 Å². The van der Waals surface area contributed by atoms with Gasteiger partial charge in [0.05, 0.1) is 6.04 Å². The summed E-state index contributed by atoms with van der Waals surface area (Å²) in [5, 5.41) is 6.66. The van der Waals surface area contributed by atoms with Crippen LogP contribution in [-0.4, -0.2) is 15.7 Å². The maximum atomic E-state index is 14.1. The van der Waals surface area contributed by atoms with Gasteiger partial charge in [-0.25, -0.2) is 13.5 Å². The van der Waals surface area contributed by atoms with Gasteiger partial charge in [0.25, 0.3) is 5.91 Å². The molecule has 27 heavy (non-hydrogen) atoms. The smallest absolute Gasteiger partial charge is 0.276 e. The van der Waals surface area contributed by atoms with Crippen LogP contribution < -0.4 is 10.7 Å². The van der Waals surface area contributed by atoms with Crippen molar-refractivity contribution in [1.82, 2.24) is 15.1 Å². The van der Waals surface area contributed by atoms with Crippen LogP contribution in [0.3, 0.4) is 0 Å². The molecule has 1 amide bonds. The van der Waals surface area contributed by atoms with Gasteiger partial charge in [-0.15, -0.1) is 0 Å². The number of halogens is 2. The molecule has 5 nitrogen and oxygen atoms in total. The number of carbonyl (C=O) groups is 1. The number of hydrogen-bond donors (Lipinski definition) is 1. The normalized spacial score (nSPS) is 11.9. The Morgan fingerprint density at radius 2 is 1.85 bits per heavy atom. The Morgan fingerprint density at radius 1 is 1.11 bits per heavy atom. The number of nitrogens with one attached hydrogen (secondary N) is 1. The molecular formula is C20H17F2N3O2. The van der Waals surface area contributed by atoms with Gasteiger partial charge in [-0.2, -0.15) is 5.10 Å². The average molecular weight is 369 g/mol. The summed E-state index contributed by atoms with van der Waals surface area (Å²) in [4.78, 5) is 24.8. The van der Waals surface area contributed by atoms with E-state index in [0.29, 0.717) is 11.3 Å². The summed E-state index contributed by atoms with van der Waals surface area (Å²) in [5.41, 5.74) is 0.114. The number of nitrogens with zero attached hydrogens (tertiary/aromatic N) is 2. The summed E-state index contributed by atoms with van der Waals surface area (Å²) in [6, 6.07) is 12.4. The molecule has 1 N–H and O–H groups in total. The minimum absolute atomic E-state index is 0.127. The lowest BCUT2D eigenvalue weighted by Gasteiger charge is -2.15. The number of benzene rings is 2. The summed E-state index contributed by atoms with van der Waals surface area (Å²) >= 11 is 0. The Balaban J connectivity index is 1.94. The number of hydrogen-bond acceptors (Lipinski definition) is 3. The number of carbonyl (C=O) groups excluding carboxylic acids is 1. The Kier molecular flexibility index (Phi) is 5.12. The van der Waals surface area contributed by atoms with Crippen molar-refractivity contribution >= 4 is 5.91 Å². The van der Waals surface area contributed by atoms with E-state index in [1.807, 2.05) is 0 Å². The molecule has 0 fully saturated rings. The van der Waals surface area contributed by atoms with Crippen LogP contribution in [0.1, 0.15) is 34.7 Å². The molecule has 0 aliphatic heterocycles. The molecule has 3 rings (SSSR count). The standard InChI is InChI=1S/C20H17F2N3O2/c1-12-10-18(26)19(24-25(12)17-9-4-3-8-16(17)22)20(27)23-13(2)14-6-5-7-15(21)11-14/h3-11,13H,1-2H3,(H,23,27)/t13-/m0/s1. The van der Waals surface area contributed by atoms with Gasteiger partial charge in [0.15, 0.2) is 5.69 Å². The first kappa shape index (κ1) is 18.4. The molecule has 0 spiro atoms.